The summed E-state index contributed by atoms with van der Waals surface area (Å²) in [6.45, 7) is 1.96. The molecule has 0 fully saturated rings. The van der Waals surface area contributed by atoms with E-state index in [0.29, 0.717) is 5.56 Å². The van der Waals surface area contributed by atoms with Gasteiger partial charge < -0.3 is 4.74 Å². The first-order chi connectivity index (χ1) is 14.7. The van der Waals surface area contributed by atoms with Gasteiger partial charge in [0, 0.05) is 16.7 Å². The molecule has 4 heteroatoms. The monoisotopic (exact) mass is 394 g/mol. The summed E-state index contributed by atoms with van der Waals surface area (Å²) in [5, 5.41) is 4.77. The number of aromatic nitrogens is 2. The molecular formula is C26H22N2O2. The van der Waals surface area contributed by atoms with Crippen LogP contribution in [0.15, 0.2) is 91.0 Å². The first kappa shape index (κ1) is 19.4. The van der Waals surface area contributed by atoms with Crippen molar-refractivity contribution in [2.75, 3.05) is 7.11 Å². The lowest BCUT2D eigenvalue weighted by molar-refractivity contribution is 0.104. The minimum atomic E-state index is -0.0662. The van der Waals surface area contributed by atoms with E-state index >= 15 is 0 Å². The summed E-state index contributed by atoms with van der Waals surface area (Å²) >= 11 is 0. The zero-order valence-corrected chi connectivity index (χ0v) is 16.9. The highest BCUT2D eigenvalue weighted by Crippen LogP contribution is 2.30. The lowest BCUT2D eigenvalue weighted by atomic mass is 10.0. The number of methoxy groups -OCH3 is 1. The molecule has 4 aromatic rings. The largest absolute Gasteiger partial charge is 0.497 e. The predicted molar refractivity (Wildman–Crippen MR) is 120 cm³/mol. The second kappa shape index (κ2) is 8.62. The SMILES string of the molecule is COc1ccc(C(=O)/C=C/c2c(C)nn(-c3ccccc3)c2-c2ccccc2)cc1. The zero-order chi connectivity index (χ0) is 20.9. The van der Waals surface area contributed by atoms with Crippen molar-refractivity contribution in [3.8, 4) is 22.7 Å². The maximum atomic E-state index is 12.7. The highest BCUT2D eigenvalue weighted by Gasteiger charge is 2.16. The Morgan fingerprint density at radius 2 is 1.53 bits per heavy atom. The van der Waals surface area contributed by atoms with Gasteiger partial charge >= 0.3 is 0 Å². The maximum Gasteiger partial charge on any atom is 0.185 e. The van der Waals surface area contributed by atoms with Gasteiger partial charge in [0.05, 0.1) is 24.2 Å². The minimum absolute atomic E-state index is 0.0662. The number of hydrogen-bond donors (Lipinski definition) is 0. The van der Waals surface area contributed by atoms with Crippen LogP contribution < -0.4 is 4.74 Å². The number of hydrogen-bond acceptors (Lipinski definition) is 3. The highest BCUT2D eigenvalue weighted by atomic mass is 16.5. The zero-order valence-electron chi connectivity index (χ0n) is 16.9. The van der Waals surface area contributed by atoms with Crippen molar-refractivity contribution >= 4 is 11.9 Å². The second-order valence-electron chi connectivity index (χ2n) is 6.89. The Morgan fingerprint density at radius 3 is 2.17 bits per heavy atom. The summed E-state index contributed by atoms with van der Waals surface area (Å²) in [6.07, 6.45) is 3.46. The fourth-order valence-corrected chi connectivity index (χ4v) is 3.38. The van der Waals surface area contributed by atoms with E-state index in [1.807, 2.05) is 66.2 Å². The van der Waals surface area contributed by atoms with Crippen LogP contribution in [0.3, 0.4) is 0 Å². The van der Waals surface area contributed by atoms with Crippen molar-refractivity contribution in [3.63, 3.8) is 0 Å². The Morgan fingerprint density at radius 1 is 0.900 bits per heavy atom. The smallest absolute Gasteiger partial charge is 0.185 e. The van der Waals surface area contributed by atoms with Crippen LogP contribution in [0.2, 0.25) is 0 Å². The van der Waals surface area contributed by atoms with Gasteiger partial charge in [0.25, 0.3) is 0 Å². The van der Waals surface area contributed by atoms with E-state index in [9.17, 15) is 4.79 Å². The number of rotatable bonds is 6. The summed E-state index contributed by atoms with van der Waals surface area (Å²) in [5.41, 5.74) is 5.36. The average molecular weight is 394 g/mol. The van der Waals surface area contributed by atoms with Crippen LogP contribution in [0.25, 0.3) is 23.0 Å². The van der Waals surface area contributed by atoms with E-state index in [4.69, 9.17) is 9.84 Å². The van der Waals surface area contributed by atoms with Crippen LogP contribution in [0.4, 0.5) is 0 Å². The third-order valence-corrected chi connectivity index (χ3v) is 4.93. The van der Waals surface area contributed by atoms with Crippen LogP contribution in [0, 0.1) is 6.92 Å². The number of ether oxygens (including phenoxy) is 1. The van der Waals surface area contributed by atoms with Gasteiger partial charge in [0.2, 0.25) is 0 Å². The van der Waals surface area contributed by atoms with E-state index in [1.54, 1.807) is 37.5 Å². The molecule has 0 aliphatic carbocycles. The van der Waals surface area contributed by atoms with Crippen molar-refractivity contribution in [1.82, 2.24) is 9.78 Å². The average Bonchev–Trinajstić information content (AvgIpc) is 3.14. The molecule has 0 spiro atoms. The number of aryl methyl sites for hydroxylation is 1. The number of carbonyl (C=O) groups excluding carboxylic acids is 1. The Balaban J connectivity index is 1.76. The second-order valence-corrected chi connectivity index (χ2v) is 6.89. The van der Waals surface area contributed by atoms with Crippen LogP contribution >= 0.6 is 0 Å². The standard InChI is InChI=1S/C26H22N2O2/c1-19-24(17-18-25(29)20-13-15-23(30-2)16-14-20)26(21-9-5-3-6-10-21)28(27-19)22-11-7-4-8-12-22/h3-18H,1-2H3/b18-17+. The van der Waals surface area contributed by atoms with Crippen molar-refractivity contribution in [1.29, 1.82) is 0 Å². The molecule has 0 N–H and O–H groups in total. The number of carbonyl (C=O) groups is 1. The molecule has 1 heterocycles. The number of ketones is 1. The fraction of sp³-hybridized carbons (Fsp3) is 0.0769. The molecule has 0 saturated heterocycles. The lowest BCUT2D eigenvalue weighted by Crippen LogP contribution is -1.99. The lowest BCUT2D eigenvalue weighted by Gasteiger charge is -2.09. The minimum Gasteiger partial charge on any atom is -0.497 e. The normalized spacial score (nSPS) is 11.0. The summed E-state index contributed by atoms with van der Waals surface area (Å²) < 4.78 is 7.10. The Kier molecular flexibility index (Phi) is 5.57. The van der Waals surface area contributed by atoms with E-state index in [0.717, 1.165) is 34.0 Å². The van der Waals surface area contributed by atoms with Gasteiger partial charge in [-0.1, -0.05) is 48.5 Å². The summed E-state index contributed by atoms with van der Waals surface area (Å²) in [7, 11) is 1.61. The van der Waals surface area contributed by atoms with E-state index < -0.39 is 0 Å². The number of nitrogens with zero attached hydrogens (tertiary/aromatic N) is 2. The fourth-order valence-electron chi connectivity index (χ4n) is 3.38. The number of para-hydroxylation sites is 1. The van der Waals surface area contributed by atoms with Crippen molar-refractivity contribution in [2.45, 2.75) is 6.92 Å². The summed E-state index contributed by atoms with van der Waals surface area (Å²) in [5.74, 6) is 0.658. The maximum absolute atomic E-state index is 12.7. The van der Waals surface area contributed by atoms with Crippen molar-refractivity contribution in [3.05, 3.63) is 108 Å². The first-order valence-corrected chi connectivity index (χ1v) is 9.74. The van der Waals surface area contributed by atoms with Crippen molar-refractivity contribution < 1.29 is 9.53 Å². The van der Waals surface area contributed by atoms with Gasteiger partial charge in [0.15, 0.2) is 5.78 Å². The van der Waals surface area contributed by atoms with Crippen LogP contribution in [-0.2, 0) is 0 Å². The first-order valence-electron chi connectivity index (χ1n) is 9.74. The molecule has 1 aromatic heterocycles. The molecule has 3 aromatic carbocycles. The molecule has 4 rings (SSSR count). The van der Waals surface area contributed by atoms with Crippen molar-refractivity contribution in [2.24, 2.45) is 0 Å². The molecule has 0 saturated carbocycles. The van der Waals surface area contributed by atoms with Crippen LogP contribution in [0.5, 0.6) is 5.75 Å². The van der Waals surface area contributed by atoms with Gasteiger partial charge in [-0.25, -0.2) is 4.68 Å². The Hall–Kier alpha value is -3.92. The van der Waals surface area contributed by atoms with E-state index in [2.05, 4.69) is 12.1 Å². The van der Waals surface area contributed by atoms with E-state index in [-0.39, 0.29) is 5.78 Å². The molecule has 0 unspecified atom stereocenters. The Labute approximate surface area is 176 Å². The molecule has 0 bridgehead atoms. The molecule has 4 nitrogen and oxygen atoms in total. The quantitative estimate of drug-likeness (QED) is 0.309. The molecule has 0 amide bonds. The van der Waals surface area contributed by atoms with Gasteiger partial charge in [-0.3, -0.25) is 4.79 Å². The van der Waals surface area contributed by atoms with Gasteiger partial charge in [0.1, 0.15) is 5.75 Å². The topological polar surface area (TPSA) is 44.1 Å². The molecule has 0 aliphatic heterocycles. The van der Waals surface area contributed by atoms with Crippen LogP contribution in [-0.4, -0.2) is 22.7 Å². The van der Waals surface area contributed by atoms with Gasteiger partial charge in [-0.05, 0) is 55.5 Å². The summed E-state index contributed by atoms with van der Waals surface area (Å²) in [6, 6.07) is 27.2. The highest BCUT2D eigenvalue weighted by molar-refractivity contribution is 6.07. The number of allylic oxidation sites excluding steroid dienone is 1. The van der Waals surface area contributed by atoms with Crippen LogP contribution in [0.1, 0.15) is 21.6 Å². The number of benzene rings is 3. The third kappa shape index (κ3) is 3.94. The molecule has 0 atom stereocenters. The summed E-state index contributed by atoms with van der Waals surface area (Å²) in [4.78, 5) is 12.7. The van der Waals surface area contributed by atoms with E-state index in [1.165, 1.54) is 0 Å². The van der Waals surface area contributed by atoms with Gasteiger partial charge in [-0.2, -0.15) is 5.10 Å². The Bertz CT molecular complexity index is 1180. The molecule has 30 heavy (non-hydrogen) atoms. The molecule has 148 valence electrons. The molecule has 0 radical (unpaired) electrons. The molecular weight excluding hydrogens is 372 g/mol. The third-order valence-electron chi connectivity index (χ3n) is 4.93. The molecule has 0 aliphatic rings. The van der Waals surface area contributed by atoms with Gasteiger partial charge in [-0.15, -0.1) is 0 Å². The predicted octanol–water partition coefficient (Wildman–Crippen LogP) is 5.75.